The summed E-state index contributed by atoms with van der Waals surface area (Å²) in [6.07, 6.45) is 3.58. The van der Waals surface area contributed by atoms with Crippen molar-refractivity contribution in [1.29, 1.82) is 0 Å². The first-order chi connectivity index (χ1) is 14.2. The molecular weight excluding hydrogens is 366 g/mol. The van der Waals surface area contributed by atoms with E-state index in [4.69, 9.17) is 0 Å². The number of hydrogen-bond acceptors (Lipinski definition) is 7. The lowest BCUT2D eigenvalue weighted by atomic mass is 10.2. The highest BCUT2D eigenvalue weighted by Crippen LogP contribution is 2.21. The number of nitrogens with zero attached hydrogens (tertiary/aromatic N) is 5. The van der Waals surface area contributed by atoms with Gasteiger partial charge in [-0.2, -0.15) is 4.98 Å². The van der Waals surface area contributed by atoms with E-state index in [9.17, 15) is 4.79 Å². The summed E-state index contributed by atoms with van der Waals surface area (Å²) >= 11 is 0. The number of pyridine rings is 1. The average Bonchev–Trinajstić information content (AvgIpc) is 2.74. The Labute approximate surface area is 169 Å². The van der Waals surface area contributed by atoms with Gasteiger partial charge in [-0.05, 0) is 36.4 Å². The molecule has 3 heterocycles. The molecule has 8 nitrogen and oxygen atoms in total. The fourth-order valence-electron chi connectivity index (χ4n) is 3.27. The Balaban J connectivity index is 1.41. The zero-order valence-electron chi connectivity index (χ0n) is 16.2. The van der Waals surface area contributed by atoms with E-state index < -0.39 is 0 Å². The molecule has 1 amide bonds. The number of carbonyl (C=O) groups is 1. The van der Waals surface area contributed by atoms with Crippen molar-refractivity contribution in [2.75, 3.05) is 46.6 Å². The summed E-state index contributed by atoms with van der Waals surface area (Å²) in [5.41, 5.74) is 1.59. The highest BCUT2D eigenvalue weighted by atomic mass is 16.1. The third kappa shape index (κ3) is 4.78. The summed E-state index contributed by atoms with van der Waals surface area (Å²) in [6, 6.07) is 15.3. The van der Waals surface area contributed by atoms with E-state index in [-0.39, 0.29) is 5.91 Å². The van der Waals surface area contributed by atoms with E-state index in [1.807, 2.05) is 54.7 Å². The van der Waals surface area contributed by atoms with Crippen LogP contribution in [0.5, 0.6) is 0 Å². The highest BCUT2D eigenvalue weighted by molar-refractivity contribution is 5.89. The Bertz CT molecular complexity index is 972. The van der Waals surface area contributed by atoms with Crippen LogP contribution in [0.2, 0.25) is 0 Å². The molecule has 0 saturated carbocycles. The Morgan fingerprint density at radius 3 is 2.45 bits per heavy atom. The molecule has 2 aromatic heterocycles. The van der Waals surface area contributed by atoms with Gasteiger partial charge in [-0.1, -0.05) is 12.1 Å². The normalized spacial score (nSPS) is 13.8. The molecular formula is C21H23N7O. The Morgan fingerprint density at radius 2 is 1.69 bits per heavy atom. The SMILES string of the molecule is CC(=O)Nc1cccc(Nc2ccnc(N3CCN(c4ccccn4)CC3)n2)c1. The van der Waals surface area contributed by atoms with Gasteiger partial charge in [0.1, 0.15) is 11.6 Å². The van der Waals surface area contributed by atoms with Gasteiger partial charge in [-0.25, -0.2) is 9.97 Å². The first kappa shape index (κ1) is 18.7. The summed E-state index contributed by atoms with van der Waals surface area (Å²) in [5.74, 6) is 2.31. The lowest BCUT2D eigenvalue weighted by Crippen LogP contribution is -2.47. The lowest BCUT2D eigenvalue weighted by Gasteiger charge is -2.35. The van der Waals surface area contributed by atoms with Crippen molar-refractivity contribution in [2.45, 2.75) is 6.92 Å². The van der Waals surface area contributed by atoms with Crippen LogP contribution in [-0.2, 0) is 4.79 Å². The summed E-state index contributed by atoms with van der Waals surface area (Å²) in [6.45, 7) is 4.90. The monoisotopic (exact) mass is 389 g/mol. The fraction of sp³-hybridized carbons (Fsp3) is 0.238. The smallest absolute Gasteiger partial charge is 0.227 e. The minimum Gasteiger partial charge on any atom is -0.353 e. The van der Waals surface area contributed by atoms with Gasteiger partial charge in [0.2, 0.25) is 11.9 Å². The molecule has 0 bridgehead atoms. The van der Waals surface area contributed by atoms with E-state index in [0.717, 1.165) is 43.4 Å². The van der Waals surface area contributed by atoms with E-state index in [0.29, 0.717) is 11.8 Å². The third-order valence-electron chi connectivity index (χ3n) is 4.63. The van der Waals surface area contributed by atoms with Crippen molar-refractivity contribution in [3.8, 4) is 0 Å². The predicted octanol–water partition coefficient (Wildman–Crippen LogP) is 2.90. The second-order valence-electron chi connectivity index (χ2n) is 6.79. The van der Waals surface area contributed by atoms with Crippen LogP contribution in [0, 0.1) is 0 Å². The molecule has 4 rings (SSSR count). The van der Waals surface area contributed by atoms with Crippen LogP contribution in [0.4, 0.5) is 29.0 Å². The van der Waals surface area contributed by atoms with Gasteiger partial charge >= 0.3 is 0 Å². The van der Waals surface area contributed by atoms with Gasteiger partial charge in [0, 0.05) is 56.9 Å². The molecule has 2 N–H and O–H groups in total. The van der Waals surface area contributed by atoms with E-state index >= 15 is 0 Å². The number of piperazine rings is 1. The van der Waals surface area contributed by atoms with Gasteiger partial charge < -0.3 is 20.4 Å². The van der Waals surface area contributed by atoms with Crippen molar-refractivity contribution in [3.63, 3.8) is 0 Å². The Hall–Kier alpha value is -3.68. The number of aromatic nitrogens is 3. The van der Waals surface area contributed by atoms with E-state index in [1.54, 1.807) is 6.20 Å². The number of nitrogens with one attached hydrogen (secondary N) is 2. The molecule has 0 spiro atoms. The fourth-order valence-corrected chi connectivity index (χ4v) is 3.27. The largest absolute Gasteiger partial charge is 0.353 e. The third-order valence-corrected chi connectivity index (χ3v) is 4.63. The Kier molecular flexibility index (Phi) is 5.51. The topological polar surface area (TPSA) is 86.3 Å². The molecule has 0 aliphatic carbocycles. The number of amides is 1. The second-order valence-corrected chi connectivity index (χ2v) is 6.79. The van der Waals surface area contributed by atoms with Crippen LogP contribution in [0.3, 0.4) is 0 Å². The molecule has 1 saturated heterocycles. The zero-order chi connectivity index (χ0) is 20.1. The highest BCUT2D eigenvalue weighted by Gasteiger charge is 2.20. The van der Waals surface area contributed by atoms with Crippen molar-refractivity contribution in [3.05, 3.63) is 60.9 Å². The lowest BCUT2D eigenvalue weighted by molar-refractivity contribution is -0.114. The molecule has 3 aromatic rings. The number of carbonyl (C=O) groups excluding carboxylic acids is 1. The maximum Gasteiger partial charge on any atom is 0.227 e. The first-order valence-electron chi connectivity index (χ1n) is 9.56. The van der Waals surface area contributed by atoms with E-state index in [2.05, 4.69) is 35.4 Å². The first-order valence-corrected chi connectivity index (χ1v) is 9.56. The average molecular weight is 389 g/mol. The standard InChI is InChI=1S/C21H23N7O/c1-16(29)24-17-5-4-6-18(15-17)25-19-8-10-23-21(26-19)28-13-11-27(12-14-28)20-7-2-3-9-22-20/h2-10,15H,11-14H2,1H3,(H,24,29)(H,23,25,26). The van der Waals surface area contributed by atoms with Crippen molar-refractivity contribution in [2.24, 2.45) is 0 Å². The number of rotatable bonds is 5. The van der Waals surface area contributed by atoms with Gasteiger partial charge in [-0.3, -0.25) is 4.79 Å². The summed E-state index contributed by atoms with van der Waals surface area (Å²) in [4.78, 5) is 29.2. The minimum absolute atomic E-state index is 0.101. The molecule has 29 heavy (non-hydrogen) atoms. The van der Waals surface area contributed by atoms with Crippen molar-refractivity contribution < 1.29 is 4.79 Å². The van der Waals surface area contributed by atoms with Gasteiger partial charge in [0.05, 0.1) is 0 Å². The molecule has 0 radical (unpaired) electrons. The van der Waals surface area contributed by atoms with E-state index in [1.165, 1.54) is 6.92 Å². The molecule has 1 fully saturated rings. The predicted molar refractivity (Wildman–Crippen MR) is 115 cm³/mol. The van der Waals surface area contributed by atoms with Crippen molar-refractivity contribution in [1.82, 2.24) is 15.0 Å². The quantitative estimate of drug-likeness (QED) is 0.694. The number of hydrogen-bond donors (Lipinski definition) is 2. The second kappa shape index (κ2) is 8.55. The van der Waals surface area contributed by atoms with Crippen LogP contribution in [0.15, 0.2) is 60.9 Å². The van der Waals surface area contributed by atoms with Crippen molar-refractivity contribution >= 4 is 34.9 Å². The maximum atomic E-state index is 11.3. The molecule has 1 aliphatic heterocycles. The Morgan fingerprint density at radius 1 is 0.897 bits per heavy atom. The van der Waals surface area contributed by atoms with Gasteiger partial charge in [0.15, 0.2) is 0 Å². The number of anilines is 5. The van der Waals surface area contributed by atoms with Crippen LogP contribution in [-0.4, -0.2) is 47.0 Å². The van der Waals surface area contributed by atoms with Gasteiger partial charge in [-0.15, -0.1) is 0 Å². The molecule has 0 atom stereocenters. The summed E-state index contributed by atoms with van der Waals surface area (Å²) in [7, 11) is 0. The molecule has 8 heteroatoms. The molecule has 0 unspecified atom stereocenters. The number of benzene rings is 1. The van der Waals surface area contributed by atoms with Crippen LogP contribution >= 0.6 is 0 Å². The molecule has 1 aliphatic rings. The van der Waals surface area contributed by atoms with Crippen LogP contribution in [0.25, 0.3) is 0 Å². The van der Waals surface area contributed by atoms with Crippen LogP contribution in [0.1, 0.15) is 6.92 Å². The summed E-state index contributed by atoms with van der Waals surface area (Å²) < 4.78 is 0. The minimum atomic E-state index is -0.101. The van der Waals surface area contributed by atoms with Gasteiger partial charge in [0.25, 0.3) is 0 Å². The summed E-state index contributed by atoms with van der Waals surface area (Å²) in [5, 5.41) is 6.06. The van der Waals surface area contributed by atoms with Crippen LogP contribution < -0.4 is 20.4 Å². The molecule has 148 valence electrons. The maximum absolute atomic E-state index is 11.3. The zero-order valence-corrected chi connectivity index (χ0v) is 16.2. The molecule has 1 aromatic carbocycles.